The third-order valence-electron chi connectivity index (χ3n) is 1.49. The SMILES string of the molecule is CC(F)(F)c1cccc(O)c1O. The van der Waals surface area contributed by atoms with Crippen molar-refractivity contribution < 1.29 is 19.0 Å². The summed E-state index contributed by atoms with van der Waals surface area (Å²) in [6.07, 6.45) is 0. The number of phenolic OH excluding ortho intramolecular Hbond substituents is 2. The third kappa shape index (κ3) is 1.47. The van der Waals surface area contributed by atoms with Gasteiger partial charge in [-0.3, -0.25) is 0 Å². The molecule has 0 saturated heterocycles. The van der Waals surface area contributed by atoms with Gasteiger partial charge in [0.25, 0.3) is 5.92 Å². The number of hydrogen-bond donors (Lipinski definition) is 2. The first kappa shape index (κ1) is 8.77. The second-order valence-electron chi connectivity index (χ2n) is 2.56. The Bertz CT molecular complexity index is 292. The van der Waals surface area contributed by atoms with Gasteiger partial charge in [0.05, 0.1) is 5.56 Å². The van der Waals surface area contributed by atoms with E-state index >= 15 is 0 Å². The molecule has 4 heteroatoms. The Kier molecular flexibility index (Phi) is 1.92. The highest BCUT2D eigenvalue weighted by molar-refractivity contribution is 5.46. The predicted molar refractivity (Wildman–Crippen MR) is 39.3 cm³/mol. The lowest BCUT2D eigenvalue weighted by Crippen LogP contribution is -2.06. The Balaban J connectivity index is 3.26. The molecule has 0 amide bonds. The Labute approximate surface area is 68.1 Å². The third-order valence-corrected chi connectivity index (χ3v) is 1.49. The van der Waals surface area contributed by atoms with Crippen molar-refractivity contribution in [2.24, 2.45) is 0 Å². The van der Waals surface area contributed by atoms with Crippen molar-refractivity contribution in [1.82, 2.24) is 0 Å². The van der Waals surface area contributed by atoms with Gasteiger partial charge in [0, 0.05) is 6.92 Å². The van der Waals surface area contributed by atoms with Crippen LogP contribution in [0.2, 0.25) is 0 Å². The fourth-order valence-electron chi connectivity index (χ4n) is 0.886. The van der Waals surface area contributed by atoms with Crippen LogP contribution in [0.4, 0.5) is 8.78 Å². The molecule has 0 radical (unpaired) electrons. The van der Waals surface area contributed by atoms with Gasteiger partial charge in [0.1, 0.15) is 0 Å². The van der Waals surface area contributed by atoms with Gasteiger partial charge in [-0.15, -0.1) is 0 Å². The molecule has 0 heterocycles. The highest BCUT2D eigenvalue weighted by Gasteiger charge is 2.28. The van der Waals surface area contributed by atoms with Crippen LogP contribution in [0, 0.1) is 0 Å². The van der Waals surface area contributed by atoms with Crippen LogP contribution in [0.5, 0.6) is 11.5 Å². The molecule has 0 fully saturated rings. The Hall–Kier alpha value is -1.32. The molecule has 1 aromatic rings. The smallest absolute Gasteiger partial charge is 0.274 e. The van der Waals surface area contributed by atoms with Crippen molar-refractivity contribution in [2.75, 3.05) is 0 Å². The molecule has 1 rings (SSSR count). The summed E-state index contributed by atoms with van der Waals surface area (Å²) in [7, 11) is 0. The number of phenols is 2. The number of halogens is 2. The van der Waals surface area contributed by atoms with E-state index in [9.17, 15) is 8.78 Å². The first-order valence-electron chi connectivity index (χ1n) is 3.32. The largest absolute Gasteiger partial charge is 0.504 e. The minimum absolute atomic E-state index is 0.533. The second kappa shape index (κ2) is 2.62. The normalized spacial score (nSPS) is 11.6. The molecule has 0 aliphatic rings. The monoisotopic (exact) mass is 174 g/mol. The van der Waals surface area contributed by atoms with Crippen LogP contribution in [0.3, 0.4) is 0 Å². The standard InChI is InChI=1S/C8H8F2O2/c1-8(9,10)5-3-2-4-6(11)7(5)12/h2-4,11-12H,1H3. The zero-order valence-electron chi connectivity index (χ0n) is 6.38. The van der Waals surface area contributed by atoms with Gasteiger partial charge in [0.2, 0.25) is 0 Å². The summed E-state index contributed by atoms with van der Waals surface area (Å²) in [4.78, 5) is 0. The molecule has 0 aliphatic heterocycles. The van der Waals surface area contributed by atoms with Gasteiger partial charge in [-0.25, -0.2) is 8.78 Å². The van der Waals surface area contributed by atoms with Gasteiger partial charge < -0.3 is 10.2 Å². The Morgan fingerprint density at radius 3 is 2.25 bits per heavy atom. The lowest BCUT2D eigenvalue weighted by Gasteiger charge is -2.12. The van der Waals surface area contributed by atoms with Crippen LogP contribution in [0.15, 0.2) is 18.2 Å². The molecule has 0 spiro atoms. The Morgan fingerprint density at radius 1 is 1.25 bits per heavy atom. The van der Waals surface area contributed by atoms with Crippen LogP contribution >= 0.6 is 0 Å². The average molecular weight is 174 g/mol. The van der Waals surface area contributed by atoms with Gasteiger partial charge in [0.15, 0.2) is 11.5 Å². The van der Waals surface area contributed by atoms with Crippen molar-refractivity contribution in [3.05, 3.63) is 23.8 Å². The molecular formula is C8H8F2O2. The predicted octanol–water partition coefficient (Wildman–Crippen LogP) is 2.21. The van der Waals surface area contributed by atoms with Crippen molar-refractivity contribution >= 4 is 0 Å². The minimum Gasteiger partial charge on any atom is -0.504 e. The molecule has 0 unspecified atom stereocenters. The summed E-state index contributed by atoms with van der Waals surface area (Å²) in [6.45, 7) is 0.654. The van der Waals surface area contributed by atoms with E-state index in [1.165, 1.54) is 6.07 Å². The van der Waals surface area contributed by atoms with Crippen molar-refractivity contribution in [3.8, 4) is 11.5 Å². The zero-order chi connectivity index (χ0) is 9.35. The molecule has 0 saturated carbocycles. The van der Waals surface area contributed by atoms with E-state index in [0.717, 1.165) is 12.1 Å². The van der Waals surface area contributed by atoms with Gasteiger partial charge in [-0.2, -0.15) is 0 Å². The number of alkyl halides is 2. The van der Waals surface area contributed by atoms with Gasteiger partial charge in [-0.1, -0.05) is 6.07 Å². The summed E-state index contributed by atoms with van der Waals surface area (Å²) < 4.78 is 25.2. The van der Waals surface area contributed by atoms with Crippen LogP contribution in [0.1, 0.15) is 12.5 Å². The summed E-state index contributed by atoms with van der Waals surface area (Å²) in [5, 5.41) is 17.9. The molecule has 1 aromatic carbocycles. The van der Waals surface area contributed by atoms with Crippen LogP contribution in [-0.4, -0.2) is 10.2 Å². The number of aromatic hydroxyl groups is 2. The zero-order valence-corrected chi connectivity index (χ0v) is 6.38. The molecule has 2 nitrogen and oxygen atoms in total. The molecule has 66 valence electrons. The van der Waals surface area contributed by atoms with E-state index < -0.39 is 23.0 Å². The maximum Gasteiger partial charge on any atom is 0.274 e. The highest BCUT2D eigenvalue weighted by atomic mass is 19.3. The maximum atomic E-state index is 12.6. The molecule has 12 heavy (non-hydrogen) atoms. The number of hydrogen-bond acceptors (Lipinski definition) is 2. The fraction of sp³-hybridized carbons (Fsp3) is 0.250. The maximum absolute atomic E-state index is 12.6. The fourth-order valence-corrected chi connectivity index (χ4v) is 0.886. The van der Waals surface area contributed by atoms with Crippen LogP contribution < -0.4 is 0 Å². The lowest BCUT2D eigenvalue weighted by molar-refractivity contribution is 0.0148. The molecule has 0 atom stereocenters. The van der Waals surface area contributed by atoms with E-state index in [0.29, 0.717) is 6.92 Å². The highest BCUT2D eigenvalue weighted by Crippen LogP contribution is 2.38. The van der Waals surface area contributed by atoms with E-state index in [1.54, 1.807) is 0 Å². The quantitative estimate of drug-likeness (QED) is 0.641. The molecule has 0 aromatic heterocycles. The minimum atomic E-state index is -3.14. The number of benzene rings is 1. The van der Waals surface area contributed by atoms with E-state index in [-0.39, 0.29) is 0 Å². The number of rotatable bonds is 1. The average Bonchev–Trinajstić information content (AvgIpc) is 1.92. The van der Waals surface area contributed by atoms with Gasteiger partial charge in [-0.05, 0) is 12.1 Å². The molecule has 0 aliphatic carbocycles. The molecule has 0 bridgehead atoms. The summed E-state index contributed by atoms with van der Waals surface area (Å²) >= 11 is 0. The van der Waals surface area contributed by atoms with Gasteiger partial charge >= 0.3 is 0 Å². The van der Waals surface area contributed by atoms with E-state index in [4.69, 9.17) is 10.2 Å². The van der Waals surface area contributed by atoms with E-state index in [1.807, 2.05) is 0 Å². The topological polar surface area (TPSA) is 40.5 Å². The first-order chi connectivity index (χ1) is 5.43. The Morgan fingerprint density at radius 2 is 1.83 bits per heavy atom. The van der Waals surface area contributed by atoms with Crippen molar-refractivity contribution in [2.45, 2.75) is 12.8 Å². The summed E-state index contributed by atoms with van der Waals surface area (Å²) in [5.74, 6) is -4.43. The lowest BCUT2D eigenvalue weighted by atomic mass is 10.1. The molecular weight excluding hydrogens is 166 g/mol. The second-order valence-corrected chi connectivity index (χ2v) is 2.56. The number of para-hydroxylation sites is 1. The van der Waals surface area contributed by atoms with Crippen LogP contribution in [-0.2, 0) is 5.92 Å². The van der Waals surface area contributed by atoms with E-state index in [2.05, 4.69) is 0 Å². The van der Waals surface area contributed by atoms with Crippen molar-refractivity contribution in [1.29, 1.82) is 0 Å². The summed E-state index contributed by atoms with van der Waals surface area (Å²) in [5.41, 5.74) is -0.567. The van der Waals surface area contributed by atoms with Crippen LogP contribution in [0.25, 0.3) is 0 Å². The summed E-state index contributed by atoms with van der Waals surface area (Å²) in [6, 6.07) is 3.46. The van der Waals surface area contributed by atoms with Crippen molar-refractivity contribution in [3.63, 3.8) is 0 Å². The first-order valence-corrected chi connectivity index (χ1v) is 3.32. The molecule has 2 N–H and O–H groups in total.